The molecule has 0 spiro atoms. The predicted molar refractivity (Wildman–Crippen MR) is 118 cm³/mol. The summed E-state index contributed by atoms with van der Waals surface area (Å²) in [5.41, 5.74) is -0.427. The molecule has 1 N–H and O–H groups in total. The Balaban J connectivity index is 1.43. The van der Waals surface area contributed by atoms with E-state index in [-0.39, 0.29) is 12.1 Å². The molecule has 170 valence electrons. The smallest absolute Gasteiger partial charge is 0.416 e. The Hall–Kier alpha value is -2.73. The lowest BCUT2D eigenvalue weighted by Gasteiger charge is -2.32. The minimum atomic E-state index is -4.45. The third-order valence-electron chi connectivity index (χ3n) is 4.97. The van der Waals surface area contributed by atoms with Crippen LogP contribution in [-0.4, -0.2) is 51.1 Å². The summed E-state index contributed by atoms with van der Waals surface area (Å²) >= 11 is 2.64. The number of carbonyl (C=O) groups is 1. The van der Waals surface area contributed by atoms with Crippen LogP contribution in [0.25, 0.3) is 10.6 Å². The summed E-state index contributed by atoms with van der Waals surface area (Å²) in [5, 5.41) is 6.37. The van der Waals surface area contributed by atoms with E-state index in [2.05, 4.69) is 14.8 Å². The second kappa shape index (κ2) is 9.41. The number of alkyl halides is 3. The van der Waals surface area contributed by atoms with Gasteiger partial charge in [0.1, 0.15) is 16.9 Å². The van der Waals surface area contributed by atoms with Gasteiger partial charge in [0.2, 0.25) is 0 Å². The first-order chi connectivity index (χ1) is 15.3. The number of carbonyl (C=O) groups excluding carboxylic acids is 1. The molecule has 2 aromatic heterocycles. The molecule has 0 unspecified atom stereocenters. The fraction of sp³-hybridized carbons (Fsp3) is 0.350. The van der Waals surface area contributed by atoms with Crippen LogP contribution in [0.3, 0.4) is 0 Å². The van der Waals surface area contributed by atoms with Gasteiger partial charge in [-0.05, 0) is 18.2 Å². The molecule has 1 amide bonds. The molecular formula is C20H20F3N5O2S2. The van der Waals surface area contributed by atoms with E-state index in [9.17, 15) is 18.0 Å². The van der Waals surface area contributed by atoms with Crippen LogP contribution in [0.5, 0.6) is 5.75 Å². The average Bonchev–Trinajstić information content (AvgIpc) is 3.46. The number of anilines is 1. The maximum atomic E-state index is 13.2. The van der Waals surface area contributed by atoms with Crippen molar-refractivity contribution in [3.05, 3.63) is 47.6 Å². The summed E-state index contributed by atoms with van der Waals surface area (Å²) < 4.78 is 49.9. The third-order valence-corrected chi connectivity index (χ3v) is 6.19. The topological polar surface area (TPSA) is 72.3 Å². The highest BCUT2D eigenvalue weighted by Gasteiger charge is 2.32. The first-order valence-electron chi connectivity index (χ1n) is 9.77. The summed E-state index contributed by atoms with van der Waals surface area (Å²) in [6.07, 6.45) is 1.45. The van der Waals surface area contributed by atoms with Gasteiger partial charge in [-0.1, -0.05) is 11.9 Å². The summed E-state index contributed by atoms with van der Waals surface area (Å²) in [6.45, 7) is 0.920. The van der Waals surface area contributed by atoms with Gasteiger partial charge in [-0.25, -0.2) is 9.78 Å². The Morgan fingerprint density at radius 2 is 2.06 bits per heavy atom. The van der Waals surface area contributed by atoms with Gasteiger partial charge < -0.3 is 14.4 Å². The van der Waals surface area contributed by atoms with Gasteiger partial charge in [0.25, 0.3) is 0 Å². The predicted octanol–water partition coefficient (Wildman–Crippen LogP) is 5.23. The van der Waals surface area contributed by atoms with Crippen molar-refractivity contribution in [1.29, 1.82) is 0 Å². The van der Waals surface area contributed by atoms with Crippen molar-refractivity contribution in [2.45, 2.75) is 25.1 Å². The van der Waals surface area contributed by atoms with Crippen LogP contribution in [0.2, 0.25) is 0 Å². The molecule has 32 heavy (non-hydrogen) atoms. The van der Waals surface area contributed by atoms with Gasteiger partial charge in [0, 0.05) is 56.0 Å². The number of halogens is 3. The average molecular weight is 484 g/mol. The molecule has 0 aliphatic carbocycles. The van der Waals surface area contributed by atoms with Gasteiger partial charge in [-0.2, -0.15) is 17.9 Å². The lowest BCUT2D eigenvalue weighted by molar-refractivity contribution is -0.137. The first-order valence-corrected chi connectivity index (χ1v) is 11.9. The minimum Gasteiger partial charge on any atom is -0.490 e. The van der Waals surface area contributed by atoms with Crippen LogP contribution in [-0.2, 0) is 6.18 Å². The van der Waals surface area contributed by atoms with Gasteiger partial charge in [-0.15, -0.1) is 16.4 Å². The zero-order valence-corrected chi connectivity index (χ0v) is 18.6. The maximum Gasteiger partial charge on any atom is 0.416 e. The molecule has 0 saturated carbocycles. The first kappa shape index (κ1) is 22.5. The number of amides is 1. The molecule has 0 bridgehead atoms. The van der Waals surface area contributed by atoms with Crippen molar-refractivity contribution in [3.63, 3.8) is 0 Å². The van der Waals surface area contributed by atoms with E-state index in [0.29, 0.717) is 48.1 Å². The van der Waals surface area contributed by atoms with Gasteiger partial charge in [0.05, 0.1) is 11.1 Å². The van der Waals surface area contributed by atoms with Crippen molar-refractivity contribution in [2.24, 2.45) is 0 Å². The Bertz CT molecular complexity index is 1060. The molecular weight excluding hydrogens is 463 g/mol. The monoisotopic (exact) mass is 483 g/mol. The highest BCUT2D eigenvalue weighted by molar-refractivity contribution is 7.99. The number of nitrogens with zero attached hydrogens (tertiary/aromatic N) is 4. The third kappa shape index (κ3) is 5.01. The molecule has 1 aliphatic rings. The highest BCUT2D eigenvalue weighted by atomic mass is 32.2. The van der Waals surface area contributed by atoms with E-state index in [4.69, 9.17) is 4.74 Å². The molecule has 7 nitrogen and oxygen atoms in total. The number of aromatic nitrogens is 3. The Morgan fingerprint density at radius 1 is 1.28 bits per heavy atom. The number of benzene rings is 1. The van der Waals surface area contributed by atoms with Crippen LogP contribution < -0.4 is 9.46 Å². The second-order valence-corrected chi connectivity index (χ2v) is 8.59. The van der Waals surface area contributed by atoms with E-state index in [1.54, 1.807) is 28.7 Å². The van der Waals surface area contributed by atoms with E-state index in [0.717, 1.165) is 12.1 Å². The number of likely N-dealkylation sites (tertiary alicyclic amines) is 1. The highest BCUT2D eigenvalue weighted by Crippen LogP contribution is 2.38. The quantitative estimate of drug-likeness (QED) is 0.502. The second-order valence-electron chi connectivity index (χ2n) is 7.08. The molecule has 0 radical (unpaired) electrons. The standard InChI is InChI=1S/C20H20F3N5O2S2/c1-31-26-17-6-10-28(25-17)19(29)27-8-4-14(5-9-27)30-16-3-2-13(20(21,22)23)12-15(16)18-24-7-11-32-18/h2-3,6-7,10-12,14H,4-5,8-9H2,1H3,(H,25,26). The SMILES string of the molecule is CSNc1ccn(C(=O)N2CCC(Oc3ccc(C(F)(F)F)cc3-c3nccs3)CC2)n1. The van der Waals surface area contributed by atoms with Crippen molar-refractivity contribution in [3.8, 4) is 16.3 Å². The number of nitrogens with one attached hydrogen (secondary N) is 1. The largest absolute Gasteiger partial charge is 0.490 e. The molecule has 1 saturated heterocycles. The van der Waals surface area contributed by atoms with Crippen LogP contribution in [0.1, 0.15) is 18.4 Å². The number of hydrogen-bond donors (Lipinski definition) is 1. The number of thiazole rings is 1. The molecule has 4 rings (SSSR count). The van der Waals surface area contributed by atoms with Crippen LogP contribution in [0.15, 0.2) is 42.0 Å². The molecule has 3 aromatic rings. The molecule has 12 heteroatoms. The fourth-order valence-corrected chi connectivity index (χ4v) is 4.39. The van der Waals surface area contributed by atoms with Gasteiger partial charge in [-0.3, -0.25) is 0 Å². The van der Waals surface area contributed by atoms with Gasteiger partial charge >= 0.3 is 12.2 Å². The fourth-order valence-electron chi connectivity index (χ4n) is 3.41. The Kier molecular flexibility index (Phi) is 6.60. The number of ether oxygens (including phenoxy) is 1. The molecule has 1 aliphatic heterocycles. The number of rotatable bonds is 5. The minimum absolute atomic E-state index is 0.221. The van der Waals surface area contributed by atoms with Crippen molar-refractivity contribution >= 4 is 35.1 Å². The van der Waals surface area contributed by atoms with Crippen LogP contribution in [0, 0.1) is 0 Å². The summed E-state index contributed by atoms with van der Waals surface area (Å²) in [7, 11) is 0. The van der Waals surface area contributed by atoms with Crippen LogP contribution in [0.4, 0.5) is 23.8 Å². The van der Waals surface area contributed by atoms with E-state index in [1.165, 1.54) is 34.0 Å². The summed E-state index contributed by atoms with van der Waals surface area (Å²) in [4.78, 5) is 18.5. The summed E-state index contributed by atoms with van der Waals surface area (Å²) in [6, 6.07) is 4.93. The van der Waals surface area contributed by atoms with Crippen molar-refractivity contribution in [2.75, 3.05) is 24.1 Å². The van der Waals surface area contributed by atoms with E-state index >= 15 is 0 Å². The Labute approximate surface area is 190 Å². The lowest BCUT2D eigenvalue weighted by Crippen LogP contribution is -2.43. The Morgan fingerprint density at radius 3 is 2.72 bits per heavy atom. The van der Waals surface area contributed by atoms with E-state index < -0.39 is 11.7 Å². The number of piperidine rings is 1. The number of hydrogen-bond acceptors (Lipinski definition) is 7. The molecule has 3 heterocycles. The van der Waals surface area contributed by atoms with Crippen molar-refractivity contribution < 1.29 is 22.7 Å². The molecule has 1 aromatic carbocycles. The zero-order chi connectivity index (χ0) is 22.7. The zero-order valence-electron chi connectivity index (χ0n) is 17.0. The van der Waals surface area contributed by atoms with Crippen molar-refractivity contribution in [1.82, 2.24) is 19.7 Å². The lowest BCUT2D eigenvalue weighted by atomic mass is 10.1. The normalized spacial score (nSPS) is 15.1. The molecule has 0 atom stereocenters. The maximum absolute atomic E-state index is 13.2. The van der Waals surface area contributed by atoms with E-state index in [1.807, 2.05) is 6.26 Å². The van der Waals surface area contributed by atoms with Gasteiger partial charge in [0.15, 0.2) is 5.82 Å². The van der Waals surface area contributed by atoms with Crippen LogP contribution >= 0.6 is 23.3 Å². The summed E-state index contributed by atoms with van der Waals surface area (Å²) in [5.74, 6) is 0.957. The molecule has 1 fully saturated rings.